The van der Waals surface area contributed by atoms with Gasteiger partial charge in [-0.2, -0.15) is 0 Å². The normalized spacial score (nSPS) is 11.9. The highest BCUT2D eigenvalue weighted by Gasteiger charge is 2.25. The fraction of sp³-hybridized carbons (Fsp3) is 0.300. The minimum Gasteiger partial charge on any atom is -0.340 e. The summed E-state index contributed by atoms with van der Waals surface area (Å²) in [5.74, 6) is -0.542. The standard InChI is InChI=1S/C20H23BrN2O2/c1-12(2)18(23-19(24)16-7-5-6-8-17(16)21)20(25)22-15-10-13(3)9-14(4)11-15/h5-12,18H,1-4H3,(H,22,25)(H,23,24)/t18-/m0/s1. The van der Waals surface area contributed by atoms with Crippen LogP contribution in [0.3, 0.4) is 0 Å². The summed E-state index contributed by atoms with van der Waals surface area (Å²) < 4.78 is 0.699. The second-order valence-electron chi connectivity index (χ2n) is 6.54. The van der Waals surface area contributed by atoms with Crippen molar-refractivity contribution in [3.8, 4) is 0 Å². The zero-order valence-corrected chi connectivity index (χ0v) is 16.5. The molecule has 2 aromatic rings. The molecule has 0 aliphatic carbocycles. The molecule has 4 nitrogen and oxygen atoms in total. The minimum absolute atomic E-state index is 0.0441. The number of carbonyl (C=O) groups is 2. The number of hydrogen-bond donors (Lipinski definition) is 2. The number of hydrogen-bond acceptors (Lipinski definition) is 2. The monoisotopic (exact) mass is 402 g/mol. The zero-order valence-electron chi connectivity index (χ0n) is 14.9. The summed E-state index contributed by atoms with van der Waals surface area (Å²) >= 11 is 3.37. The topological polar surface area (TPSA) is 58.2 Å². The van der Waals surface area contributed by atoms with E-state index in [-0.39, 0.29) is 17.7 Å². The van der Waals surface area contributed by atoms with E-state index in [9.17, 15) is 9.59 Å². The van der Waals surface area contributed by atoms with Crippen molar-refractivity contribution in [1.29, 1.82) is 0 Å². The number of amides is 2. The predicted octanol–water partition coefficient (Wildman–Crippen LogP) is 4.46. The highest BCUT2D eigenvalue weighted by Crippen LogP contribution is 2.18. The molecule has 0 aliphatic heterocycles. The van der Waals surface area contributed by atoms with Gasteiger partial charge in [0.15, 0.2) is 0 Å². The first-order valence-electron chi connectivity index (χ1n) is 8.22. The second kappa shape index (κ2) is 8.30. The van der Waals surface area contributed by atoms with E-state index >= 15 is 0 Å². The quantitative estimate of drug-likeness (QED) is 0.775. The van der Waals surface area contributed by atoms with Crippen molar-refractivity contribution in [2.24, 2.45) is 5.92 Å². The summed E-state index contributed by atoms with van der Waals surface area (Å²) in [6.45, 7) is 7.78. The maximum absolute atomic E-state index is 12.7. The Labute approximate surface area is 157 Å². The van der Waals surface area contributed by atoms with E-state index in [0.29, 0.717) is 10.0 Å². The maximum atomic E-state index is 12.7. The number of halogens is 1. The molecule has 0 saturated carbocycles. The molecule has 5 heteroatoms. The molecule has 0 bridgehead atoms. The van der Waals surface area contributed by atoms with Gasteiger partial charge in [0.1, 0.15) is 6.04 Å². The van der Waals surface area contributed by atoms with E-state index in [1.54, 1.807) is 18.2 Å². The van der Waals surface area contributed by atoms with Crippen molar-refractivity contribution in [2.75, 3.05) is 5.32 Å². The molecule has 0 aliphatic rings. The number of nitrogens with one attached hydrogen (secondary N) is 2. The molecule has 0 aromatic heterocycles. The molecule has 1 atom stereocenters. The van der Waals surface area contributed by atoms with Crippen LogP contribution in [0.2, 0.25) is 0 Å². The van der Waals surface area contributed by atoms with E-state index in [4.69, 9.17) is 0 Å². The van der Waals surface area contributed by atoms with E-state index in [0.717, 1.165) is 16.8 Å². The van der Waals surface area contributed by atoms with Gasteiger partial charge in [-0.1, -0.05) is 32.0 Å². The van der Waals surface area contributed by atoms with Gasteiger partial charge < -0.3 is 10.6 Å². The van der Waals surface area contributed by atoms with Crippen molar-refractivity contribution in [1.82, 2.24) is 5.32 Å². The lowest BCUT2D eigenvalue weighted by molar-refractivity contribution is -0.118. The molecule has 2 N–H and O–H groups in total. The van der Waals surface area contributed by atoms with Crippen LogP contribution in [0.4, 0.5) is 5.69 Å². The van der Waals surface area contributed by atoms with Crippen molar-refractivity contribution < 1.29 is 9.59 Å². The molecular formula is C20H23BrN2O2. The fourth-order valence-electron chi connectivity index (χ4n) is 2.67. The van der Waals surface area contributed by atoms with Crippen LogP contribution in [-0.2, 0) is 4.79 Å². The van der Waals surface area contributed by atoms with Crippen LogP contribution in [-0.4, -0.2) is 17.9 Å². The molecule has 2 aromatic carbocycles. The third-order valence-electron chi connectivity index (χ3n) is 3.84. The van der Waals surface area contributed by atoms with Crippen LogP contribution < -0.4 is 10.6 Å². The Bertz CT molecular complexity index is 767. The summed E-state index contributed by atoms with van der Waals surface area (Å²) in [5.41, 5.74) is 3.40. The smallest absolute Gasteiger partial charge is 0.253 e. The number of carbonyl (C=O) groups excluding carboxylic acids is 2. The van der Waals surface area contributed by atoms with Gasteiger partial charge in [-0.3, -0.25) is 9.59 Å². The van der Waals surface area contributed by atoms with Crippen LogP contribution in [0.15, 0.2) is 46.9 Å². The third kappa shape index (κ3) is 5.16. The van der Waals surface area contributed by atoms with E-state index in [1.165, 1.54) is 0 Å². The molecule has 2 amide bonds. The molecule has 0 saturated heterocycles. The minimum atomic E-state index is -0.625. The number of anilines is 1. The first-order valence-corrected chi connectivity index (χ1v) is 9.02. The van der Waals surface area contributed by atoms with Gasteiger partial charge in [-0.05, 0) is 71.1 Å². The lowest BCUT2D eigenvalue weighted by atomic mass is 10.0. The molecule has 0 heterocycles. The van der Waals surface area contributed by atoms with Gasteiger partial charge >= 0.3 is 0 Å². The Morgan fingerprint density at radius 2 is 1.60 bits per heavy atom. The lowest BCUT2D eigenvalue weighted by Gasteiger charge is -2.22. The van der Waals surface area contributed by atoms with Gasteiger partial charge in [-0.25, -0.2) is 0 Å². The zero-order chi connectivity index (χ0) is 18.6. The van der Waals surface area contributed by atoms with E-state index < -0.39 is 6.04 Å². The molecule has 132 valence electrons. The fourth-order valence-corrected chi connectivity index (χ4v) is 3.13. The van der Waals surface area contributed by atoms with E-state index in [1.807, 2.05) is 52.0 Å². The molecule has 0 spiro atoms. The Hall–Kier alpha value is -2.14. The van der Waals surface area contributed by atoms with Crippen LogP contribution in [0, 0.1) is 19.8 Å². The Kier molecular flexibility index (Phi) is 6.37. The second-order valence-corrected chi connectivity index (χ2v) is 7.39. The molecular weight excluding hydrogens is 380 g/mol. The summed E-state index contributed by atoms with van der Waals surface area (Å²) in [6.07, 6.45) is 0. The van der Waals surface area contributed by atoms with Gasteiger partial charge in [0.2, 0.25) is 5.91 Å². The van der Waals surface area contributed by atoms with Crippen LogP contribution in [0.25, 0.3) is 0 Å². The summed E-state index contributed by atoms with van der Waals surface area (Å²) in [7, 11) is 0. The lowest BCUT2D eigenvalue weighted by Crippen LogP contribution is -2.47. The molecule has 0 radical (unpaired) electrons. The number of rotatable bonds is 5. The van der Waals surface area contributed by atoms with Gasteiger partial charge in [0.25, 0.3) is 5.91 Å². The first kappa shape index (κ1) is 19.2. The first-order chi connectivity index (χ1) is 11.8. The third-order valence-corrected chi connectivity index (χ3v) is 4.53. The average molecular weight is 403 g/mol. The highest BCUT2D eigenvalue weighted by atomic mass is 79.9. The highest BCUT2D eigenvalue weighted by molar-refractivity contribution is 9.10. The van der Waals surface area contributed by atoms with Crippen LogP contribution in [0.5, 0.6) is 0 Å². The van der Waals surface area contributed by atoms with Gasteiger partial charge in [0.05, 0.1) is 5.56 Å². The molecule has 25 heavy (non-hydrogen) atoms. The average Bonchev–Trinajstić information content (AvgIpc) is 2.51. The van der Waals surface area contributed by atoms with E-state index in [2.05, 4.69) is 26.6 Å². The molecule has 0 fully saturated rings. The molecule has 2 rings (SSSR count). The summed E-state index contributed by atoms with van der Waals surface area (Å²) in [5, 5.41) is 5.75. The Morgan fingerprint density at radius 1 is 1.00 bits per heavy atom. The van der Waals surface area contributed by atoms with Crippen LogP contribution in [0.1, 0.15) is 35.3 Å². The SMILES string of the molecule is Cc1cc(C)cc(NC(=O)[C@@H](NC(=O)c2ccccc2Br)C(C)C)c1. The van der Waals surface area contributed by atoms with Gasteiger partial charge in [0, 0.05) is 10.2 Å². The molecule has 0 unspecified atom stereocenters. The van der Waals surface area contributed by atoms with Crippen molar-refractivity contribution in [3.63, 3.8) is 0 Å². The van der Waals surface area contributed by atoms with Crippen molar-refractivity contribution in [3.05, 3.63) is 63.6 Å². The number of aryl methyl sites for hydroxylation is 2. The van der Waals surface area contributed by atoms with Crippen molar-refractivity contribution in [2.45, 2.75) is 33.7 Å². The Balaban J connectivity index is 2.15. The Morgan fingerprint density at radius 3 is 2.16 bits per heavy atom. The van der Waals surface area contributed by atoms with Crippen molar-refractivity contribution >= 4 is 33.4 Å². The van der Waals surface area contributed by atoms with Crippen LogP contribution >= 0.6 is 15.9 Å². The number of benzene rings is 2. The summed E-state index contributed by atoms with van der Waals surface area (Å²) in [4.78, 5) is 25.2. The maximum Gasteiger partial charge on any atom is 0.253 e. The predicted molar refractivity (Wildman–Crippen MR) is 105 cm³/mol. The van der Waals surface area contributed by atoms with Gasteiger partial charge in [-0.15, -0.1) is 0 Å². The summed E-state index contributed by atoms with van der Waals surface area (Å²) in [6, 6.07) is 12.4. The largest absolute Gasteiger partial charge is 0.340 e.